The highest BCUT2D eigenvalue weighted by atomic mass is 35.5. The third-order valence-electron chi connectivity index (χ3n) is 3.37. The van der Waals surface area contributed by atoms with Crippen LogP contribution in [-0.2, 0) is 9.59 Å². The molecule has 142 valence electrons. The maximum atomic E-state index is 12.0. The lowest BCUT2D eigenvalue weighted by atomic mass is 10.2. The molecule has 2 amide bonds. The first-order valence-corrected chi connectivity index (χ1v) is 8.58. The van der Waals surface area contributed by atoms with Gasteiger partial charge in [0.15, 0.2) is 0 Å². The van der Waals surface area contributed by atoms with Crippen molar-refractivity contribution in [3.05, 3.63) is 53.1 Å². The summed E-state index contributed by atoms with van der Waals surface area (Å²) in [6.45, 7) is 2.34. The Balaban J connectivity index is 1.91. The van der Waals surface area contributed by atoms with Crippen LogP contribution in [0.25, 0.3) is 0 Å². The lowest BCUT2D eigenvalue weighted by molar-refractivity contribution is -0.126. The molecule has 0 atom stereocenters. The van der Waals surface area contributed by atoms with Crippen LogP contribution in [0.5, 0.6) is 11.5 Å². The van der Waals surface area contributed by atoms with Gasteiger partial charge in [-0.3, -0.25) is 9.59 Å². The van der Waals surface area contributed by atoms with Gasteiger partial charge in [-0.05, 0) is 37.3 Å². The number of rotatable bonds is 8. The van der Waals surface area contributed by atoms with Gasteiger partial charge in [0.1, 0.15) is 17.9 Å². The van der Waals surface area contributed by atoms with Crippen LogP contribution in [0.1, 0.15) is 18.9 Å². The van der Waals surface area contributed by atoms with E-state index in [-0.39, 0.29) is 6.42 Å². The van der Waals surface area contributed by atoms with Gasteiger partial charge in [0.2, 0.25) is 11.8 Å². The van der Waals surface area contributed by atoms with Crippen LogP contribution in [0, 0.1) is 0 Å². The molecule has 0 aliphatic heterocycles. The van der Waals surface area contributed by atoms with E-state index < -0.39 is 11.8 Å². The predicted molar refractivity (Wildman–Crippen MR) is 105 cm³/mol. The fourth-order valence-electron chi connectivity index (χ4n) is 2.21. The number of nitrogens with one attached hydrogen (secondary N) is 2. The molecule has 0 fully saturated rings. The van der Waals surface area contributed by atoms with Crippen molar-refractivity contribution in [2.45, 2.75) is 13.3 Å². The first kappa shape index (κ1) is 20.3. The molecule has 2 rings (SSSR count). The van der Waals surface area contributed by atoms with E-state index in [1.807, 2.05) is 6.92 Å². The van der Waals surface area contributed by atoms with Gasteiger partial charge in [-0.15, -0.1) is 0 Å². The topological polar surface area (TPSA) is 89.0 Å². The van der Waals surface area contributed by atoms with Crippen molar-refractivity contribution < 1.29 is 19.1 Å². The summed E-state index contributed by atoms with van der Waals surface area (Å²) in [5.74, 6) is 0.0612. The van der Waals surface area contributed by atoms with Crippen LogP contribution in [0.2, 0.25) is 5.02 Å². The van der Waals surface area contributed by atoms with Crippen molar-refractivity contribution in [2.24, 2.45) is 5.10 Å². The average Bonchev–Trinajstić information content (AvgIpc) is 2.64. The highest BCUT2D eigenvalue weighted by molar-refractivity contribution is 6.30. The molecule has 0 radical (unpaired) electrons. The Bertz CT molecular complexity index is 839. The highest BCUT2D eigenvalue weighted by Crippen LogP contribution is 2.23. The molecule has 2 aromatic rings. The monoisotopic (exact) mass is 389 g/mol. The molecule has 0 spiro atoms. The number of halogens is 1. The molecular formula is C19H20ClN3O4. The Morgan fingerprint density at radius 3 is 2.67 bits per heavy atom. The predicted octanol–water partition coefficient (Wildman–Crippen LogP) is 3.23. The van der Waals surface area contributed by atoms with Crippen LogP contribution in [0.3, 0.4) is 0 Å². The summed E-state index contributed by atoms with van der Waals surface area (Å²) in [5.41, 5.74) is 3.41. The second-order valence-corrected chi connectivity index (χ2v) is 5.77. The summed E-state index contributed by atoms with van der Waals surface area (Å²) in [7, 11) is 1.50. The maximum absolute atomic E-state index is 12.0. The Kier molecular flexibility index (Phi) is 7.63. The van der Waals surface area contributed by atoms with E-state index in [0.717, 1.165) is 0 Å². The number of amides is 2. The van der Waals surface area contributed by atoms with E-state index in [4.69, 9.17) is 21.1 Å². The smallest absolute Gasteiger partial charge is 0.249 e. The van der Waals surface area contributed by atoms with E-state index >= 15 is 0 Å². The zero-order valence-corrected chi connectivity index (χ0v) is 15.7. The number of hydrogen-bond donors (Lipinski definition) is 2. The molecule has 2 aromatic carbocycles. The molecule has 7 nitrogen and oxygen atoms in total. The Morgan fingerprint density at radius 2 is 1.93 bits per heavy atom. The Morgan fingerprint density at radius 1 is 1.15 bits per heavy atom. The van der Waals surface area contributed by atoms with E-state index in [1.54, 1.807) is 42.5 Å². The van der Waals surface area contributed by atoms with Gasteiger partial charge >= 0.3 is 0 Å². The lowest BCUT2D eigenvalue weighted by Crippen LogP contribution is -2.24. The van der Waals surface area contributed by atoms with Gasteiger partial charge in [-0.1, -0.05) is 23.7 Å². The van der Waals surface area contributed by atoms with Crippen LogP contribution in [-0.4, -0.2) is 31.7 Å². The van der Waals surface area contributed by atoms with Crippen LogP contribution >= 0.6 is 11.6 Å². The minimum atomic E-state index is -0.557. The highest BCUT2D eigenvalue weighted by Gasteiger charge is 2.11. The van der Waals surface area contributed by atoms with E-state index in [2.05, 4.69) is 15.8 Å². The van der Waals surface area contributed by atoms with Gasteiger partial charge in [-0.2, -0.15) is 5.10 Å². The van der Waals surface area contributed by atoms with Crippen LogP contribution < -0.4 is 20.2 Å². The zero-order valence-electron chi connectivity index (χ0n) is 15.0. The number of benzene rings is 2. The molecular weight excluding hydrogens is 370 g/mol. The SMILES string of the molecule is CCOc1ccc(Cl)cc1C=NNC(=O)CC(=O)Nc1ccccc1OC. The molecule has 27 heavy (non-hydrogen) atoms. The molecule has 0 aliphatic carbocycles. The number of methoxy groups -OCH3 is 1. The number of hydrogen-bond acceptors (Lipinski definition) is 5. The minimum absolute atomic E-state index is 0.386. The van der Waals surface area contributed by atoms with Crippen molar-refractivity contribution in [1.29, 1.82) is 0 Å². The van der Waals surface area contributed by atoms with Gasteiger partial charge in [-0.25, -0.2) is 5.43 Å². The number of carbonyl (C=O) groups is 2. The summed E-state index contributed by atoms with van der Waals surface area (Å²) in [6, 6.07) is 12.0. The maximum Gasteiger partial charge on any atom is 0.249 e. The largest absolute Gasteiger partial charge is 0.495 e. The fraction of sp³-hybridized carbons (Fsp3) is 0.211. The molecule has 2 N–H and O–H groups in total. The number of anilines is 1. The van der Waals surface area contributed by atoms with Crippen LogP contribution in [0.15, 0.2) is 47.6 Å². The second-order valence-electron chi connectivity index (χ2n) is 5.33. The van der Waals surface area contributed by atoms with Crippen molar-refractivity contribution in [3.8, 4) is 11.5 Å². The summed E-state index contributed by atoms with van der Waals surface area (Å²) >= 11 is 5.96. The lowest BCUT2D eigenvalue weighted by Gasteiger charge is -2.09. The molecule has 0 saturated carbocycles. The molecule has 0 aromatic heterocycles. The normalized spacial score (nSPS) is 10.5. The number of carbonyl (C=O) groups excluding carboxylic acids is 2. The first-order chi connectivity index (χ1) is 13.0. The number of nitrogens with zero attached hydrogens (tertiary/aromatic N) is 1. The van der Waals surface area contributed by atoms with E-state index in [0.29, 0.717) is 34.4 Å². The fourth-order valence-corrected chi connectivity index (χ4v) is 2.39. The van der Waals surface area contributed by atoms with Gasteiger partial charge in [0.25, 0.3) is 0 Å². The van der Waals surface area contributed by atoms with Crippen molar-refractivity contribution in [3.63, 3.8) is 0 Å². The molecule has 8 heteroatoms. The molecule has 0 aliphatic rings. The quantitative estimate of drug-likeness (QED) is 0.412. The third-order valence-corrected chi connectivity index (χ3v) is 3.60. The van der Waals surface area contributed by atoms with Crippen molar-refractivity contribution >= 4 is 35.3 Å². The summed E-state index contributed by atoms with van der Waals surface area (Å²) < 4.78 is 10.6. The second kappa shape index (κ2) is 10.2. The zero-order chi connectivity index (χ0) is 19.6. The van der Waals surface area contributed by atoms with E-state index in [9.17, 15) is 9.59 Å². The number of hydrazone groups is 1. The average molecular weight is 390 g/mol. The Hall–Kier alpha value is -3.06. The van der Waals surface area contributed by atoms with E-state index in [1.165, 1.54) is 13.3 Å². The van der Waals surface area contributed by atoms with Gasteiger partial charge in [0, 0.05) is 10.6 Å². The summed E-state index contributed by atoms with van der Waals surface area (Å²) in [5, 5.41) is 6.99. The van der Waals surface area contributed by atoms with Crippen molar-refractivity contribution in [1.82, 2.24) is 5.43 Å². The van der Waals surface area contributed by atoms with Crippen LogP contribution in [0.4, 0.5) is 5.69 Å². The minimum Gasteiger partial charge on any atom is -0.495 e. The standard InChI is InChI=1S/C19H20ClN3O4/c1-3-27-16-9-8-14(20)10-13(16)12-21-23-19(25)11-18(24)22-15-6-4-5-7-17(15)26-2/h4-10,12H,3,11H2,1-2H3,(H,22,24)(H,23,25). The number of para-hydroxylation sites is 2. The molecule has 0 unspecified atom stereocenters. The molecule has 0 heterocycles. The first-order valence-electron chi connectivity index (χ1n) is 8.20. The molecule has 0 saturated heterocycles. The molecule has 0 bridgehead atoms. The number of ether oxygens (including phenoxy) is 2. The Labute approximate surface area is 162 Å². The van der Waals surface area contributed by atoms with Gasteiger partial charge < -0.3 is 14.8 Å². The third kappa shape index (κ3) is 6.31. The summed E-state index contributed by atoms with van der Waals surface area (Å²) in [6.07, 6.45) is 1.02. The van der Waals surface area contributed by atoms with Crippen molar-refractivity contribution in [2.75, 3.05) is 19.0 Å². The van der Waals surface area contributed by atoms with Gasteiger partial charge in [0.05, 0.1) is 25.6 Å². The summed E-state index contributed by atoms with van der Waals surface area (Å²) in [4.78, 5) is 23.9.